The molecule has 0 radical (unpaired) electrons. The third kappa shape index (κ3) is 7.11. The third-order valence-corrected chi connectivity index (χ3v) is 4.76. The zero-order valence-corrected chi connectivity index (χ0v) is 18.9. The van der Waals surface area contributed by atoms with E-state index < -0.39 is 23.6 Å². The highest BCUT2D eigenvalue weighted by molar-refractivity contribution is 6.09. The number of carbonyl (C=O) groups excluding carboxylic acids is 2. The number of benzene rings is 3. The van der Waals surface area contributed by atoms with Crippen molar-refractivity contribution >= 4 is 29.3 Å². The van der Waals surface area contributed by atoms with Gasteiger partial charge >= 0.3 is 6.18 Å². The number of alkyl halides is 3. The van der Waals surface area contributed by atoms with E-state index in [4.69, 9.17) is 9.47 Å². The highest BCUT2D eigenvalue weighted by Crippen LogP contribution is 2.31. The topological polar surface area (TPSA) is 100 Å². The minimum absolute atomic E-state index is 0.115. The zero-order valence-electron chi connectivity index (χ0n) is 18.9. The summed E-state index contributed by atoms with van der Waals surface area (Å²) in [6.45, 7) is -0.352. The molecule has 36 heavy (non-hydrogen) atoms. The van der Waals surface area contributed by atoms with Crippen molar-refractivity contribution < 1.29 is 32.2 Å². The molecule has 0 bridgehead atoms. The van der Waals surface area contributed by atoms with Gasteiger partial charge in [-0.2, -0.15) is 18.4 Å². The van der Waals surface area contributed by atoms with Crippen LogP contribution in [0.3, 0.4) is 0 Å². The molecule has 0 aliphatic carbocycles. The van der Waals surface area contributed by atoms with Gasteiger partial charge in [-0.25, -0.2) is 0 Å². The molecule has 7 nitrogen and oxygen atoms in total. The standard InChI is InChI=1S/C26H20F3N3O4/c1-35-22-11-9-20(10-12-22)31-24(33)16-36-23-8-3-2-5-17(23)13-18(15-30)25(34)32-21-7-4-6-19(14-21)26(27,28)29/h2-14H,16H2,1H3,(H,31,33)(H,32,34). The zero-order chi connectivity index (χ0) is 26.1. The molecule has 0 aliphatic rings. The van der Waals surface area contributed by atoms with Gasteiger partial charge in [-0.15, -0.1) is 0 Å². The average Bonchev–Trinajstić information content (AvgIpc) is 2.86. The molecule has 3 rings (SSSR count). The van der Waals surface area contributed by atoms with Crippen molar-refractivity contribution in [3.8, 4) is 17.6 Å². The first-order valence-corrected chi connectivity index (χ1v) is 10.5. The van der Waals surface area contributed by atoms with Crippen LogP contribution in [0.5, 0.6) is 11.5 Å². The minimum Gasteiger partial charge on any atom is -0.497 e. The number of amides is 2. The molecule has 3 aromatic carbocycles. The van der Waals surface area contributed by atoms with Gasteiger partial charge in [0.2, 0.25) is 0 Å². The van der Waals surface area contributed by atoms with Crippen molar-refractivity contribution in [3.05, 3.63) is 89.5 Å². The summed E-state index contributed by atoms with van der Waals surface area (Å²) < 4.78 is 49.4. The van der Waals surface area contributed by atoms with Gasteiger partial charge in [-0.05, 0) is 54.6 Å². The van der Waals surface area contributed by atoms with Gasteiger partial charge in [0, 0.05) is 16.9 Å². The number of nitrogens with one attached hydrogen (secondary N) is 2. The van der Waals surface area contributed by atoms with Gasteiger partial charge in [-0.1, -0.05) is 24.3 Å². The van der Waals surface area contributed by atoms with Crippen LogP contribution in [0.25, 0.3) is 6.08 Å². The lowest BCUT2D eigenvalue weighted by atomic mass is 10.1. The first-order valence-electron chi connectivity index (χ1n) is 10.5. The summed E-state index contributed by atoms with van der Waals surface area (Å²) in [7, 11) is 1.53. The van der Waals surface area contributed by atoms with Crippen molar-refractivity contribution in [3.63, 3.8) is 0 Å². The molecule has 0 aliphatic heterocycles. The number of ether oxygens (including phenoxy) is 2. The smallest absolute Gasteiger partial charge is 0.416 e. The Morgan fingerprint density at radius 3 is 2.36 bits per heavy atom. The lowest BCUT2D eigenvalue weighted by Gasteiger charge is -2.11. The van der Waals surface area contributed by atoms with E-state index in [1.807, 2.05) is 0 Å². The van der Waals surface area contributed by atoms with Crippen LogP contribution in [0, 0.1) is 11.3 Å². The SMILES string of the molecule is COc1ccc(NC(=O)COc2ccccc2C=C(C#N)C(=O)Nc2cccc(C(F)(F)F)c2)cc1. The van der Waals surface area contributed by atoms with E-state index >= 15 is 0 Å². The Hall–Kier alpha value is -4.78. The van der Waals surface area contributed by atoms with Gasteiger partial charge in [-0.3, -0.25) is 9.59 Å². The Kier molecular flexibility index (Phi) is 8.30. The van der Waals surface area contributed by atoms with E-state index in [2.05, 4.69) is 10.6 Å². The van der Waals surface area contributed by atoms with Gasteiger partial charge < -0.3 is 20.1 Å². The molecule has 2 N–H and O–H groups in total. The van der Waals surface area contributed by atoms with Crippen LogP contribution >= 0.6 is 0 Å². The predicted molar refractivity (Wildman–Crippen MR) is 127 cm³/mol. The molecule has 3 aromatic rings. The number of rotatable bonds is 8. The van der Waals surface area contributed by atoms with Crippen LogP contribution in [-0.4, -0.2) is 25.5 Å². The van der Waals surface area contributed by atoms with Gasteiger partial charge in [0.1, 0.15) is 23.1 Å². The number of methoxy groups -OCH3 is 1. The number of para-hydroxylation sites is 1. The van der Waals surface area contributed by atoms with E-state index in [0.717, 1.165) is 18.2 Å². The van der Waals surface area contributed by atoms with Crippen molar-refractivity contribution in [1.29, 1.82) is 5.26 Å². The second-order valence-corrected chi connectivity index (χ2v) is 7.31. The van der Waals surface area contributed by atoms with Crippen molar-refractivity contribution in [1.82, 2.24) is 0 Å². The second-order valence-electron chi connectivity index (χ2n) is 7.31. The summed E-state index contributed by atoms with van der Waals surface area (Å²) >= 11 is 0. The fourth-order valence-corrected chi connectivity index (χ4v) is 3.02. The van der Waals surface area contributed by atoms with Crippen molar-refractivity contribution in [2.75, 3.05) is 24.4 Å². The molecule has 0 atom stereocenters. The van der Waals surface area contributed by atoms with Crippen molar-refractivity contribution in [2.45, 2.75) is 6.18 Å². The van der Waals surface area contributed by atoms with E-state index in [1.165, 1.54) is 19.3 Å². The number of nitriles is 1. The van der Waals surface area contributed by atoms with E-state index in [1.54, 1.807) is 54.6 Å². The molecule has 0 saturated heterocycles. The number of carbonyl (C=O) groups is 2. The molecule has 10 heteroatoms. The fraction of sp³-hybridized carbons (Fsp3) is 0.115. The second kappa shape index (κ2) is 11.6. The summed E-state index contributed by atoms with van der Waals surface area (Å²) in [4.78, 5) is 24.8. The van der Waals surface area contributed by atoms with Crippen LogP contribution < -0.4 is 20.1 Å². The van der Waals surface area contributed by atoms with E-state index in [0.29, 0.717) is 17.0 Å². The maximum Gasteiger partial charge on any atom is 0.416 e. The molecular weight excluding hydrogens is 475 g/mol. The summed E-state index contributed by atoms with van der Waals surface area (Å²) in [5.41, 5.74) is -0.558. The Bertz CT molecular complexity index is 1310. The number of hydrogen-bond donors (Lipinski definition) is 2. The largest absolute Gasteiger partial charge is 0.497 e. The molecule has 0 saturated carbocycles. The van der Waals surface area contributed by atoms with Crippen LogP contribution in [0.2, 0.25) is 0 Å². The fourth-order valence-electron chi connectivity index (χ4n) is 3.02. The van der Waals surface area contributed by atoms with E-state index in [-0.39, 0.29) is 23.6 Å². The molecule has 184 valence electrons. The highest BCUT2D eigenvalue weighted by Gasteiger charge is 2.30. The Morgan fingerprint density at radius 2 is 1.69 bits per heavy atom. The van der Waals surface area contributed by atoms with E-state index in [9.17, 15) is 28.0 Å². The number of anilines is 2. The average molecular weight is 495 g/mol. The highest BCUT2D eigenvalue weighted by atomic mass is 19.4. The predicted octanol–water partition coefficient (Wildman–Crippen LogP) is 5.28. The first-order chi connectivity index (χ1) is 17.2. The summed E-state index contributed by atoms with van der Waals surface area (Å²) in [5.74, 6) is -0.483. The number of halogens is 3. The van der Waals surface area contributed by atoms with Crippen LogP contribution in [0.15, 0.2) is 78.4 Å². The quantitative estimate of drug-likeness (QED) is 0.327. The molecule has 2 amide bonds. The normalized spacial score (nSPS) is 11.2. The molecule has 0 unspecified atom stereocenters. The lowest BCUT2D eigenvalue weighted by Crippen LogP contribution is -2.20. The monoisotopic (exact) mass is 495 g/mol. The summed E-state index contributed by atoms with van der Waals surface area (Å²) in [6, 6.07) is 18.9. The molecule has 0 fully saturated rings. The first kappa shape index (κ1) is 25.8. The molecular formula is C26H20F3N3O4. The van der Waals surface area contributed by atoms with Crippen LogP contribution in [-0.2, 0) is 15.8 Å². The Labute approximate surface area is 204 Å². The van der Waals surface area contributed by atoms with Gasteiger partial charge in [0.15, 0.2) is 6.61 Å². The van der Waals surface area contributed by atoms with Crippen molar-refractivity contribution in [2.24, 2.45) is 0 Å². The Morgan fingerprint density at radius 1 is 0.972 bits per heavy atom. The number of hydrogen-bond acceptors (Lipinski definition) is 5. The third-order valence-electron chi connectivity index (χ3n) is 4.76. The van der Waals surface area contributed by atoms with Crippen LogP contribution in [0.1, 0.15) is 11.1 Å². The van der Waals surface area contributed by atoms with Gasteiger partial charge in [0.05, 0.1) is 12.7 Å². The number of nitrogens with zero attached hydrogens (tertiary/aromatic N) is 1. The maximum absolute atomic E-state index is 12.9. The van der Waals surface area contributed by atoms with Crippen LogP contribution in [0.4, 0.5) is 24.5 Å². The molecule has 0 aromatic heterocycles. The molecule has 0 heterocycles. The molecule has 0 spiro atoms. The maximum atomic E-state index is 12.9. The van der Waals surface area contributed by atoms with Gasteiger partial charge in [0.25, 0.3) is 11.8 Å². The lowest BCUT2D eigenvalue weighted by molar-refractivity contribution is -0.137. The summed E-state index contributed by atoms with van der Waals surface area (Å²) in [5, 5.41) is 14.4. The minimum atomic E-state index is -4.58. The summed E-state index contributed by atoms with van der Waals surface area (Å²) in [6.07, 6.45) is -3.36. The Balaban J connectivity index is 1.69.